The predicted molar refractivity (Wildman–Crippen MR) is 71.9 cm³/mol. The van der Waals surface area contributed by atoms with Crippen LogP contribution in [-0.4, -0.2) is 32.2 Å². The zero-order valence-corrected chi connectivity index (χ0v) is 11.5. The van der Waals surface area contributed by atoms with E-state index in [0.29, 0.717) is 6.42 Å². The topological polar surface area (TPSA) is 58.5 Å². The molecule has 92 valence electrons. The molecule has 0 bridgehead atoms. The van der Waals surface area contributed by atoms with Crippen LogP contribution < -0.4 is 5.43 Å². The molecule has 0 amide bonds. The molecule has 1 N–H and O–H groups in total. The average Bonchev–Trinajstić information content (AvgIpc) is 2.61. The lowest BCUT2D eigenvalue weighted by Crippen LogP contribution is -2.25. The van der Waals surface area contributed by atoms with Crippen molar-refractivity contribution in [1.29, 1.82) is 0 Å². The molecule has 1 fully saturated rings. The maximum absolute atomic E-state index is 11.2. The molecule has 0 spiro atoms. The molecule has 1 aliphatic rings. The maximum atomic E-state index is 11.2. The monoisotopic (exact) mass is 316 g/mol. The SMILES string of the molecule is O=S1(=O)CC[C@@H](N/N=C\c2ccc(Br)cc2)C1. The summed E-state index contributed by atoms with van der Waals surface area (Å²) in [5.41, 5.74) is 3.85. The maximum Gasteiger partial charge on any atom is 0.152 e. The number of benzene rings is 1. The van der Waals surface area contributed by atoms with Crippen LogP contribution >= 0.6 is 15.9 Å². The van der Waals surface area contributed by atoms with Gasteiger partial charge in [0.15, 0.2) is 9.84 Å². The lowest BCUT2D eigenvalue weighted by atomic mass is 10.2. The van der Waals surface area contributed by atoms with Crippen molar-refractivity contribution in [3.63, 3.8) is 0 Å². The van der Waals surface area contributed by atoms with E-state index in [9.17, 15) is 8.42 Å². The molecule has 1 atom stereocenters. The molecule has 0 radical (unpaired) electrons. The van der Waals surface area contributed by atoms with Gasteiger partial charge in [0.2, 0.25) is 0 Å². The molecule has 1 aliphatic heterocycles. The van der Waals surface area contributed by atoms with Crippen molar-refractivity contribution in [2.45, 2.75) is 12.5 Å². The van der Waals surface area contributed by atoms with Crippen LogP contribution in [-0.2, 0) is 9.84 Å². The summed E-state index contributed by atoms with van der Waals surface area (Å²) < 4.78 is 23.4. The minimum atomic E-state index is -2.84. The zero-order chi connectivity index (χ0) is 12.3. The summed E-state index contributed by atoms with van der Waals surface area (Å²) in [7, 11) is -2.84. The second kappa shape index (κ2) is 5.18. The highest BCUT2D eigenvalue weighted by atomic mass is 79.9. The van der Waals surface area contributed by atoms with Gasteiger partial charge in [-0.15, -0.1) is 0 Å². The first kappa shape index (κ1) is 12.6. The summed E-state index contributed by atoms with van der Waals surface area (Å²) in [5, 5.41) is 4.06. The van der Waals surface area contributed by atoms with E-state index in [2.05, 4.69) is 26.5 Å². The fourth-order valence-corrected chi connectivity index (χ4v) is 3.59. The molecule has 1 heterocycles. The first-order chi connectivity index (χ1) is 8.05. The van der Waals surface area contributed by atoms with Crippen LogP contribution in [0.3, 0.4) is 0 Å². The molecule has 17 heavy (non-hydrogen) atoms. The third kappa shape index (κ3) is 3.81. The number of hydrazone groups is 1. The number of halogens is 1. The van der Waals surface area contributed by atoms with Gasteiger partial charge in [-0.1, -0.05) is 28.1 Å². The van der Waals surface area contributed by atoms with Crippen molar-refractivity contribution in [2.24, 2.45) is 5.10 Å². The van der Waals surface area contributed by atoms with E-state index in [1.807, 2.05) is 24.3 Å². The standard InChI is InChI=1S/C11H13BrN2O2S/c12-10-3-1-9(2-4-10)7-13-14-11-5-6-17(15,16)8-11/h1-4,7,11,14H,5-6,8H2/b13-7-/t11-/m1/s1. The van der Waals surface area contributed by atoms with Gasteiger partial charge in [0, 0.05) is 4.47 Å². The Morgan fingerprint density at radius 2 is 2.06 bits per heavy atom. The fraction of sp³-hybridized carbons (Fsp3) is 0.364. The second-order valence-electron chi connectivity index (χ2n) is 4.04. The first-order valence-corrected chi connectivity index (χ1v) is 7.91. The van der Waals surface area contributed by atoms with Crippen LogP contribution in [0.4, 0.5) is 0 Å². The molecule has 1 aromatic rings. The van der Waals surface area contributed by atoms with Crippen LogP contribution in [0, 0.1) is 0 Å². The third-order valence-corrected chi connectivity index (χ3v) is 4.87. The molecule has 0 unspecified atom stereocenters. The van der Waals surface area contributed by atoms with Gasteiger partial charge in [-0.05, 0) is 24.1 Å². The summed E-state index contributed by atoms with van der Waals surface area (Å²) in [6.07, 6.45) is 2.33. The Balaban J connectivity index is 1.88. The van der Waals surface area contributed by atoms with Gasteiger partial charge >= 0.3 is 0 Å². The number of sulfone groups is 1. The van der Waals surface area contributed by atoms with E-state index >= 15 is 0 Å². The van der Waals surface area contributed by atoms with Gasteiger partial charge in [0.25, 0.3) is 0 Å². The molecule has 4 nitrogen and oxygen atoms in total. The zero-order valence-electron chi connectivity index (χ0n) is 9.14. The first-order valence-electron chi connectivity index (χ1n) is 5.30. The van der Waals surface area contributed by atoms with Crippen molar-refractivity contribution in [1.82, 2.24) is 5.43 Å². The van der Waals surface area contributed by atoms with E-state index < -0.39 is 9.84 Å². The molecule has 0 aliphatic carbocycles. The molecule has 0 saturated carbocycles. The van der Waals surface area contributed by atoms with E-state index in [1.54, 1.807) is 6.21 Å². The summed E-state index contributed by atoms with van der Waals surface area (Å²) in [6.45, 7) is 0. The number of hydrogen-bond acceptors (Lipinski definition) is 4. The Morgan fingerprint density at radius 1 is 1.35 bits per heavy atom. The third-order valence-electron chi connectivity index (χ3n) is 2.57. The summed E-state index contributed by atoms with van der Waals surface area (Å²) in [5.74, 6) is 0.448. The van der Waals surface area contributed by atoms with Gasteiger partial charge < -0.3 is 5.43 Å². The Bertz CT molecular complexity index is 511. The molecule has 1 aromatic carbocycles. The highest BCUT2D eigenvalue weighted by molar-refractivity contribution is 9.10. The lowest BCUT2D eigenvalue weighted by Gasteiger charge is -2.05. The average molecular weight is 317 g/mol. The number of nitrogens with one attached hydrogen (secondary N) is 1. The van der Waals surface area contributed by atoms with Crippen molar-refractivity contribution < 1.29 is 8.42 Å². The molecule has 2 rings (SSSR count). The van der Waals surface area contributed by atoms with Crippen LogP contribution in [0.2, 0.25) is 0 Å². The van der Waals surface area contributed by atoms with Crippen molar-refractivity contribution in [3.8, 4) is 0 Å². The van der Waals surface area contributed by atoms with Gasteiger partial charge in [0.1, 0.15) is 0 Å². The number of rotatable bonds is 3. The largest absolute Gasteiger partial charge is 0.306 e. The van der Waals surface area contributed by atoms with Gasteiger partial charge in [0.05, 0.1) is 23.8 Å². The van der Waals surface area contributed by atoms with E-state index in [1.165, 1.54) is 0 Å². The predicted octanol–water partition coefficient (Wildman–Crippen LogP) is 1.56. The minimum absolute atomic E-state index is 0.0494. The van der Waals surface area contributed by atoms with E-state index in [-0.39, 0.29) is 17.5 Å². The highest BCUT2D eigenvalue weighted by Gasteiger charge is 2.27. The Morgan fingerprint density at radius 3 is 2.65 bits per heavy atom. The Hall–Kier alpha value is -0.880. The summed E-state index contributed by atoms with van der Waals surface area (Å²) in [4.78, 5) is 0. The molecular formula is C11H13BrN2O2S. The smallest absolute Gasteiger partial charge is 0.152 e. The van der Waals surface area contributed by atoms with Crippen LogP contribution in [0.1, 0.15) is 12.0 Å². The lowest BCUT2D eigenvalue weighted by molar-refractivity contribution is 0.578. The summed E-state index contributed by atoms with van der Waals surface area (Å²) in [6, 6.07) is 7.68. The molecule has 6 heteroatoms. The van der Waals surface area contributed by atoms with Crippen LogP contribution in [0.15, 0.2) is 33.8 Å². The fourth-order valence-electron chi connectivity index (χ4n) is 1.66. The van der Waals surface area contributed by atoms with Gasteiger partial charge in [-0.25, -0.2) is 8.42 Å². The Labute approximate surface area is 109 Å². The number of hydrogen-bond donors (Lipinski definition) is 1. The van der Waals surface area contributed by atoms with Crippen molar-refractivity contribution in [3.05, 3.63) is 34.3 Å². The molecule has 1 saturated heterocycles. The molecular weight excluding hydrogens is 304 g/mol. The van der Waals surface area contributed by atoms with Crippen molar-refractivity contribution >= 4 is 32.0 Å². The van der Waals surface area contributed by atoms with E-state index in [0.717, 1.165) is 10.0 Å². The normalized spacial score (nSPS) is 23.0. The van der Waals surface area contributed by atoms with Crippen molar-refractivity contribution in [2.75, 3.05) is 11.5 Å². The van der Waals surface area contributed by atoms with Crippen LogP contribution in [0.25, 0.3) is 0 Å². The quantitative estimate of drug-likeness (QED) is 0.680. The minimum Gasteiger partial charge on any atom is -0.306 e. The second-order valence-corrected chi connectivity index (χ2v) is 7.18. The van der Waals surface area contributed by atoms with E-state index in [4.69, 9.17) is 0 Å². The summed E-state index contributed by atoms with van der Waals surface area (Å²) >= 11 is 3.35. The molecule has 0 aromatic heterocycles. The highest BCUT2D eigenvalue weighted by Crippen LogP contribution is 2.11. The van der Waals surface area contributed by atoms with Crippen LogP contribution in [0.5, 0.6) is 0 Å². The Kier molecular flexibility index (Phi) is 3.83. The number of nitrogens with zero attached hydrogens (tertiary/aromatic N) is 1. The van der Waals surface area contributed by atoms with Gasteiger partial charge in [-0.3, -0.25) is 0 Å². The van der Waals surface area contributed by atoms with Gasteiger partial charge in [-0.2, -0.15) is 5.10 Å².